The lowest BCUT2D eigenvalue weighted by molar-refractivity contribution is 0.293. The molecule has 0 unspecified atom stereocenters. The van der Waals surface area contributed by atoms with Gasteiger partial charge in [0.1, 0.15) is 12.7 Å². The number of aromatic nitrogens is 3. The van der Waals surface area contributed by atoms with Gasteiger partial charge in [-0.25, -0.2) is 9.67 Å². The zero-order valence-corrected chi connectivity index (χ0v) is 17.5. The number of thioether (sulfide) groups is 1. The van der Waals surface area contributed by atoms with E-state index in [9.17, 15) is 0 Å². The van der Waals surface area contributed by atoms with Gasteiger partial charge in [-0.3, -0.25) is 4.99 Å². The van der Waals surface area contributed by atoms with Crippen LogP contribution in [0.1, 0.15) is 43.2 Å². The first-order chi connectivity index (χ1) is 13.8. The Bertz CT molecular complexity index is 776. The molecule has 0 bridgehead atoms. The fraction of sp³-hybridized carbons (Fsp3) is 0.571. The highest BCUT2D eigenvalue weighted by Crippen LogP contribution is 2.42. The highest BCUT2D eigenvalue weighted by molar-refractivity contribution is 8.00. The number of guanidine groups is 1. The first kappa shape index (κ1) is 19.3. The monoisotopic (exact) mass is 398 g/mol. The molecule has 1 saturated heterocycles. The molecule has 1 saturated carbocycles. The average Bonchev–Trinajstić information content (AvgIpc) is 3.22. The maximum atomic E-state index is 4.59. The molecule has 28 heavy (non-hydrogen) atoms. The summed E-state index contributed by atoms with van der Waals surface area (Å²) in [5.41, 5.74) is 2.49. The van der Waals surface area contributed by atoms with Gasteiger partial charge in [-0.1, -0.05) is 43.5 Å². The summed E-state index contributed by atoms with van der Waals surface area (Å²) < 4.78 is 2.30. The topological polar surface area (TPSA) is 58.3 Å². The van der Waals surface area contributed by atoms with Crippen LogP contribution >= 0.6 is 11.8 Å². The molecule has 1 aromatic carbocycles. The van der Waals surface area contributed by atoms with Gasteiger partial charge in [-0.15, -0.1) is 0 Å². The number of hydrogen-bond acceptors (Lipinski definition) is 4. The summed E-state index contributed by atoms with van der Waals surface area (Å²) in [5, 5.41) is 7.79. The lowest BCUT2D eigenvalue weighted by Crippen LogP contribution is -2.53. The highest BCUT2D eigenvalue weighted by atomic mass is 32.2. The molecule has 1 aliphatic heterocycles. The minimum atomic E-state index is 0.450. The van der Waals surface area contributed by atoms with Crippen LogP contribution in [0.2, 0.25) is 0 Å². The summed E-state index contributed by atoms with van der Waals surface area (Å²) in [6.45, 7) is 3.74. The van der Waals surface area contributed by atoms with Crippen LogP contribution in [0.15, 0.2) is 41.9 Å². The minimum absolute atomic E-state index is 0.450. The standard InChI is InChI=1S/C21H30N6S/c1-22-20(26-10-11-28-21(15-26)8-3-2-4-9-21)24-13-18-6-5-7-19(12-18)14-27-17-23-16-25-27/h5-7,12,16-17H,2-4,8-11,13-15H2,1H3,(H,22,24). The molecule has 6 nitrogen and oxygen atoms in total. The van der Waals surface area contributed by atoms with E-state index in [-0.39, 0.29) is 0 Å². The predicted octanol–water partition coefficient (Wildman–Crippen LogP) is 3.15. The Labute approximate surface area is 171 Å². The fourth-order valence-corrected chi connectivity index (χ4v) is 5.95. The Morgan fingerprint density at radius 3 is 2.89 bits per heavy atom. The summed E-state index contributed by atoms with van der Waals surface area (Å²) in [4.78, 5) is 11.1. The number of hydrogen-bond donors (Lipinski definition) is 1. The molecule has 1 N–H and O–H groups in total. The van der Waals surface area contributed by atoms with Crippen molar-refractivity contribution < 1.29 is 0 Å². The van der Waals surface area contributed by atoms with Crippen molar-refractivity contribution in [3.8, 4) is 0 Å². The van der Waals surface area contributed by atoms with E-state index in [0.717, 1.165) is 32.1 Å². The zero-order chi connectivity index (χ0) is 19.2. The van der Waals surface area contributed by atoms with Crippen molar-refractivity contribution >= 4 is 17.7 Å². The molecule has 150 valence electrons. The number of nitrogens with one attached hydrogen (secondary N) is 1. The SMILES string of the molecule is CN=C(NCc1cccc(Cn2cncn2)c1)N1CCSC2(CCCCC2)C1. The van der Waals surface area contributed by atoms with Gasteiger partial charge in [0.15, 0.2) is 5.96 Å². The van der Waals surface area contributed by atoms with Crippen LogP contribution in [-0.4, -0.2) is 56.3 Å². The van der Waals surface area contributed by atoms with E-state index in [0.29, 0.717) is 4.75 Å². The van der Waals surface area contributed by atoms with Crippen molar-refractivity contribution in [3.05, 3.63) is 48.0 Å². The van der Waals surface area contributed by atoms with Gasteiger partial charge < -0.3 is 10.2 Å². The van der Waals surface area contributed by atoms with E-state index in [1.807, 2.05) is 11.7 Å². The normalized spacial score (nSPS) is 19.8. The van der Waals surface area contributed by atoms with Crippen molar-refractivity contribution in [2.24, 2.45) is 4.99 Å². The van der Waals surface area contributed by atoms with E-state index < -0.39 is 0 Å². The predicted molar refractivity (Wildman–Crippen MR) is 116 cm³/mol. The lowest BCUT2D eigenvalue weighted by atomic mass is 9.87. The van der Waals surface area contributed by atoms with Crippen molar-refractivity contribution in [1.82, 2.24) is 25.0 Å². The van der Waals surface area contributed by atoms with Crippen LogP contribution in [0, 0.1) is 0 Å². The van der Waals surface area contributed by atoms with Gasteiger partial charge in [-0.05, 0) is 24.0 Å². The van der Waals surface area contributed by atoms with Crippen molar-refractivity contribution in [2.75, 3.05) is 25.9 Å². The second-order valence-electron chi connectivity index (χ2n) is 7.83. The van der Waals surface area contributed by atoms with Crippen molar-refractivity contribution in [1.29, 1.82) is 0 Å². The molecular formula is C21H30N6S. The van der Waals surface area contributed by atoms with Gasteiger partial charge in [0.25, 0.3) is 0 Å². The van der Waals surface area contributed by atoms with E-state index in [1.165, 1.54) is 49.0 Å². The van der Waals surface area contributed by atoms with E-state index in [1.54, 1.807) is 12.7 Å². The molecule has 0 radical (unpaired) electrons. The summed E-state index contributed by atoms with van der Waals surface area (Å²) in [6.07, 6.45) is 10.2. The highest BCUT2D eigenvalue weighted by Gasteiger charge is 2.38. The summed E-state index contributed by atoms with van der Waals surface area (Å²) in [7, 11) is 1.90. The molecule has 7 heteroatoms. The first-order valence-corrected chi connectivity index (χ1v) is 11.2. The Hall–Kier alpha value is -2.02. The molecule has 2 fully saturated rings. The average molecular weight is 399 g/mol. The molecule has 0 amide bonds. The van der Waals surface area contributed by atoms with Crippen LogP contribution in [0.5, 0.6) is 0 Å². The summed E-state index contributed by atoms with van der Waals surface area (Å²) in [6, 6.07) is 8.64. The van der Waals surface area contributed by atoms with Gasteiger partial charge >= 0.3 is 0 Å². The summed E-state index contributed by atoms with van der Waals surface area (Å²) >= 11 is 2.20. The lowest BCUT2D eigenvalue weighted by Gasteiger charge is -2.45. The van der Waals surface area contributed by atoms with Gasteiger partial charge in [0.2, 0.25) is 0 Å². The quantitative estimate of drug-likeness (QED) is 0.633. The largest absolute Gasteiger partial charge is 0.352 e. The summed E-state index contributed by atoms with van der Waals surface area (Å²) in [5.74, 6) is 2.24. The Morgan fingerprint density at radius 2 is 2.11 bits per heavy atom. The second kappa shape index (κ2) is 8.99. The van der Waals surface area contributed by atoms with Crippen molar-refractivity contribution in [3.63, 3.8) is 0 Å². The fourth-order valence-electron chi connectivity index (χ4n) is 4.38. The van der Waals surface area contributed by atoms with Gasteiger partial charge in [0, 0.05) is 37.2 Å². The molecular weight excluding hydrogens is 368 g/mol. The number of nitrogens with zero attached hydrogens (tertiary/aromatic N) is 5. The number of aliphatic imine (C=N–C) groups is 1. The van der Waals surface area contributed by atoms with Crippen LogP contribution < -0.4 is 5.32 Å². The molecule has 2 aromatic rings. The van der Waals surface area contributed by atoms with Crippen LogP contribution in [0.3, 0.4) is 0 Å². The molecule has 1 spiro atoms. The Morgan fingerprint density at radius 1 is 1.25 bits per heavy atom. The molecule has 1 aliphatic carbocycles. The van der Waals surface area contributed by atoms with Crippen LogP contribution in [0.4, 0.5) is 0 Å². The third-order valence-corrected chi connectivity index (χ3v) is 7.31. The van der Waals surface area contributed by atoms with Crippen LogP contribution in [0.25, 0.3) is 0 Å². The maximum absolute atomic E-state index is 4.59. The first-order valence-electron chi connectivity index (χ1n) is 10.3. The molecule has 2 heterocycles. The van der Waals surface area contributed by atoms with E-state index in [4.69, 9.17) is 0 Å². The molecule has 1 aromatic heterocycles. The van der Waals surface area contributed by atoms with Crippen molar-refractivity contribution in [2.45, 2.75) is 49.9 Å². The van der Waals surface area contributed by atoms with Gasteiger partial charge in [-0.2, -0.15) is 16.9 Å². The minimum Gasteiger partial charge on any atom is -0.352 e. The van der Waals surface area contributed by atoms with E-state index in [2.05, 4.69) is 61.3 Å². The molecule has 4 rings (SSSR count). The number of rotatable bonds is 4. The molecule has 0 atom stereocenters. The third kappa shape index (κ3) is 4.69. The smallest absolute Gasteiger partial charge is 0.193 e. The second-order valence-corrected chi connectivity index (χ2v) is 9.39. The Kier molecular flexibility index (Phi) is 6.20. The molecule has 2 aliphatic rings. The third-order valence-electron chi connectivity index (χ3n) is 5.78. The maximum Gasteiger partial charge on any atom is 0.193 e. The van der Waals surface area contributed by atoms with Crippen LogP contribution in [-0.2, 0) is 13.1 Å². The Balaban J connectivity index is 1.36. The van der Waals surface area contributed by atoms with Gasteiger partial charge in [0.05, 0.1) is 6.54 Å². The zero-order valence-electron chi connectivity index (χ0n) is 16.7. The van der Waals surface area contributed by atoms with E-state index >= 15 is 0 Å². The number of benzene rings is 1.